The second-order valence-corrected chi connectivity index (χ2v) is 5.99. The Balaban J connectivity index is 2.83. The molecule has 4 nitrogen and oxygen atoms in total. The number of carbonyl (C=O) groups is 1. The molecule has 18 heavy (non-hydrogen) atoms. The Morgan fingerprint density at radius 1 is 1.56 bits per heavy atom. The van der Waals surface area contributed by atoms with Crippen molar-refractivity contribution >= 4 is 17.2 Å². The third-order valence-electron chi connectivity index (χ3n) is 2.99. The van der Waals surface area contributed by atoms with E-state index in [4.69, 9.17) is 5.84 Å². The maximum absolute atomic E-state index is 11.5. The molecule has 102 valence electrons. The van der Waals surface area contributed by atoms with Crippen molar-refractivity contribution < 1.29 is 4.79 Å². The molecule has 0 aromatic carbocycles. The molecule has 0 aliphatic heterocycles. The van der Waals surface area contributed by atoms with Crippen molar-refractivity contribution in [2.45, 2.75) is 46.7 Å². The van der Waals surface area contributed by atoms with Gasteiger partial charge in [-0.2, -0.15) is 0 Å². The van der Waals surface area contributed by atoms with Crippen LogP contribution in [0.2, 0.25) is 0 Å². The molecule has 0 saturated heterocycles. The van der Waals surface area contributed by atoms with Gasteiger partial charge >= 0.3 is 0 Å². The lowest BCUT2D eigenvalue weighted by Gasteiger charge is -2.25. The van der Waals surface area contributed by atoms with Crippen molar-refractivity contribution in [1.29, 1.82) is 0 Å². The summed E-state index contributed by atoms with van der Waals surface area (Å²) in [6.45, 7) is 10.6. The van der Waals surface area contributed by atoms with Crippen molar-refractivity contribution in [2.75, 3.05) is 6.54 Å². The molecule has 5 heteroatoms. The molecular weight excluding hydrogens is 246 g/mol. The fraction of sp³-hybridized carbons (Fsp3) is 0.615. The van der Waals surface area contributed by atoms with Crippen LogP contribution in [0.3, 0.4) is 0 Å². The molecule has 0 unspecified atom stereocenters. The number of nitrogen functional groups attached to an aromatic ring is 1. The number of carbonyl (C=O) groups excluding carboxylic acids is 1. The average Bonchev–Trinajstić information content (AvgIpc) is 2.69. The number of thiophene rings is 1. The van der Waals surface area contributed by atoms with E-state index in [2.05, 4.69) is 38.0 Å². The summed E-state index contributed by atoms with van der Waals surface area (Å²) in [5, 5.41) is 0. The lowest BCUT2D eigenvalue weighted by molar-refractivity contribution is 0.0957. The van der Waals surface area contributed by atoms with E-state index < -0.39 is 0 Å². The standard InChI is InChI=1S/C13H23N3OS/c1-5-6-16(9(2)3)8-11-7-12(13(17)15-14)18-10(11)4/h7,9H,5-6,8,14H2,1-4H3,(H,15,17). The van der Waals surface area contributed by atoms with Crippen molar-refractivity contribution in [2.24, 2.45) is 5.84 Å². The van der Waals surface area contributed by atoms with Crippen LogP contribution in [0.15, 0.2) is 6.07 Å². The highest BCUT2D eigenvalue weighted by Gasteiger charge is 2.15. The number of aryl methyl sites for hydroxylation is 1. The lowest BCUT2D eigenvalue weighted by Crippen LogP contribution is -2.31. The summed E-state index contributed by atoms with van der Waals surface area (Å²) >= 11 is 1.50. The highest BCUT2D eigenvalue weighted by molar-refractivity contribution is 7.14. The van der Waals surface area contributed by atoms with E-state index in [9.17, 15) is 4.79 Å². The summed E-state index contributed by atoms with van der Waals surface area (Å²) in [7, 11) is 0. The van der Waals surface area contributed by atoms with E-state index in [-0.39, 0.29) is 5.91 Å². The van der Waals surface area contributed by atoms with Crippen LogP contribution in [0.1, 0.15) is 47.3 Å². The molecule has 1 aromatic heterocycles. The molecule has 1 rings (SSSR count). The summed E-state index contributed by atoms with van der Waals surface area (Å²) in [6.07, 6.45) is 1.14. The van der Waals surface area contributed by atoms with Crippen LogP contribution >= 0.6 is 11.3 Å². The Bertz CT molecular complexity index is 401. The SMILES string of the molecule is CCCN(Cc1cc(C(=O)NN)sc1C)C(C)C. The Hall–Kier alpha value is -0.910. The Morgan fingerprint density at radius 3 is 2.72 bits per heavy atom. The normalized spacial score (nSPS) is 11.3. The van der Waals surface area contributed by atoms with E-state index in [0.717, 1.165) is 19.5 Å². The van der Waals surface area contributed by atoms with E-state index in [0.29, 0.717) is 10.9 Å². The van der Waals surface area contributed by atoms with Crippen LogP contribution < -0.4 is 11.3 Å². The lowest BCUT2D eigenvalue weighted by atomic mass is 10.2. The minimum Gasteiger partial charge on any atom is -0.297 e. The van der Waals surface area contributed by atoms with Crippen molar-refractivity contribution in [3.63, 3.8) is 0 Å². The van der Waals surface area contributed by atoms with Crippen LogP contribution in [0.5, 0.6) is 0 Å². The number of hydrazine groups is 1. The summed E-state index contributed by atoms with van der Waals surface area (Å²) in [4.78, 5) is 15.8. The number of nitrogens with two attached hydrogens (primary N) is 1. The third kappa shape index (κ3) is 3.80. The molecule has 3 N–H and O–H groups in total. The predicted octanol–water partition coefficient (Wildman–Crippen LogP) is 2.28. The van der Waals surface area contributed by atoms with Gasteiger partial charge in [0.25, 0.3) is 5.91 Å². The highest BCUT2D eigenvalue weighted by Crippen LogP contribution is 2.23. The van der Waals surface area contributed by atoms with Crippen LogP contribution in [0.4, 0.5) is 0 Å². The Morgan fingerprint density at radius 2 is 2.22 bits per heavy atom. The molecule has 0 spiro atoms. The summed E-state index contributed by atoms with van der Waals surface area (Å²) in [5.41, 5.74) is 3.40. The van der Waals surface area contributed by atoms with Gasteiger partial charge in [0.1, 0.15) is 0 Å². The number of nitrogens with one attached hydrogen (secondary N) is 1. The van der Waals surface area contributed by atoms with Gasteiger partial charge in [-0.15, -0.1) is 11.3 Å². The smallest absolute Gasteiger partial charge is 0.275 e. The van der Waals surface area contributed by atoms with E-state index in [1.165, 1.54) is 21.8 Å². The largest absolute Gasteiger partial charge is 0.297 e. The molecule has 0 bridgehead atoms. The van der Waals surface area contributed by atoms with Gasteiger partial charge in [0.05, 0.1) is 4.88 Å². The molecular formula is C13H23N3OS. The quantitative estimate of drug-likeness (QED) is 0.473. The summed E-state index contributed by atoms with van der Waals surface area (Å²) in [5.74, 6) is 4.95. The predicted molar refractivity (Wildman–Crippen MR) is 76.5 cm³/mol. The average molecular weight is 269 g/mol. The zero-order valence-electron chi connectivity index (χ0n) is 11.6. The van der Waals surface area contributed by atoms with Gasteiger partial charge in [0.15, 0.2) is 0 Å². The number of nitrogens with zero attached hydrogens (tertiary/aromatic N) is 1. The van der Waals surface area contributed by atoms with Gasteiger partial charge in [-0.3, -0.25) is 15.1 Å². The Labute approximate surface area is 113 Å². The van der Waals surface area contributed by atoms with Gasteiger partial charge in [0, 0.05) is 17.5 Å². The highest BCUT2D eigenvalue weighted by atomic mass is 32.1. The number of rotatable bonds is 6. The van der Waals surface area contributed by atoms with Crippen LogP contribution in [0.25, 0.3) is 0 Å². The minimum absolute atomic E-state index is 0.207. The van der Waals surface area contributed by atoms with E-state index in [1.54, 1.807) is 0 Å². The second-order valence-electron chi connectivity index (χ2n) is 4.73. The topological polar surface area (TPSA) is 58.4 Å². The molecule has 0 aliphatic rings. The van der Waals surface area contributed by atoms with Gasteiger partial charge in [0.2, 0.25) is 0 Å². The molecule has 0 saturated carbocycles. The maximum Gasteiger partial charge on any atom is 0.275 e. The van der Waals surface area contributed by atoms with Gasteiger partial charge in [-0.1, -0.05) is 6.92 Å². The molecule has 0 atom stereocenters. The van der Waals surface area contributed by atoms with Gasteiger partial charge in [-0.25, -0.2) is 5.84 Å². The summed E-state index contributed by atoms with van der Waals surface area (Å²) < 4.78 is 0. The van der Waals surface area contributed by atoms with Crippen molar-refractivity contribution in [3.8, 4) is 0 Å². The van der Waals surface area contributed by atoms with Crippen molar-refractivity contribution in [1.82, 2.24) is 10.3 Å². The third-order valence-corrected chi connectivity index (χ3v) is 4.08. The molecule has 1 heterocycles. The molecule has 0 fully saturated rings. The van der Waals surface area contributed by atoms with Crippen molar-refractivity contribution in [3.05, 3.63) is 21.4 Å². The second kappa shape index (κ2) is 6.87. The Kier molecular flexibility index (Phi) is 5.78. The van der Waals surface area contributed by atoms with Gasteiger partial charge in [-0.05, 0) is 45.4 Å². The number of amides is 1. The number of hydrogen-bond donors (Lipinski definition) is 2. The maximum atomic E-state index is 11.5. The van der Waals surface area contributed by atoms with E-state index >= 15 is 0 Å². The molecule has 0 aliphatic carbocycles. The minimum atomic E-state index is -0.207. The molecule has 1 aromatic rings. The summed E-state index contributed by atoms with van der Waals surface area (Å²) in [6, 6.07) is 2.46. The van der Waals surface area contributed by atoms with Crippen LogP contribution in [-0.4, -0.2) is 23.4 Å². The van der Waals surface area contributed by atoms with Crippen LogP contribution in [-0.2, 0) is 6.54 Å². The monoisotopic (exact) mass is 269 g/mol. The first-order chi connectivity index (χ1) is 8.49. The first-order valence-electron chi connectivity index (χ1n) is 6.33. The number of hydrogen-bond acceptors (Lipinski definition) is 4. The first-order valence-corrected chi connectivity index (χ1v) is 7.15. The zero-order valence-corrected chi connectivity index (χ0v) is 12.4. The van der Waals surface area contributed by atoms with Crippen LogP contribution in [0, 0.1) is 6.92 Å². The van der Waals surface area contributed by atoms with Gasteiger partial charge < -0.3 is 0 Å². The zero-order chi connectivity index (χ0) is 13.7. The molecule has 0 radical (unpaired) electrons. The van der Waals surface area contributed by atoms with E-state index in [1.807, 2.05) is 6.07 Å². The fourth-order valence-electron chi connectivity index (χ4n) is 1.89. The molecule has 1 amide bonds. The first kappa shape index (κ1) is 15.1. The fourth-order valence-corrected chi connectivity index (χ4v) is 2.82.